The average Bonchev–Trinajstić information content (AvgIpc) is 2.19. The highest BCUT2D eigenvalue weighted by molar-refractivity contribution is 6.37. The van der Waals surface area contributed by atoms with Crippen LogP contribution in [-0.2, 0) is 0 Å². The van der Waals surface area contributed by atoms with E-state index in [0.717, 1.165) is 11.7 Å². The molecule has 1 aromatic heterocycles. The van der Waals surface area contributed by atoms with Gasteiger partial charge in [0.05, 0.1) is 10.5 Å². The van der Waals surface area contributed by atoms with Gasteiger partial charge < -0.3 is 0 Å². The molecule has 0 bridgehead atoms. The van der Waals surface area contributed by atoms with E-state index in [2.05, 4.69) is 4.98 Å². The molecule has 0 radical (unpaired) electrons. The zero-order valence-electron chi connectivity index (χ0n) is 6.70. The summed E-state index contributed by atoms with van der Waals surface area (Å²) < 4.78 is 0. The molecule has 2 nitrogen and oxygen atoms in total. The Bertz CT molecular complexity index is 467. The molecule has 0 saturated heterocycles. The van der Waals surface area contributed by atoms with E-state index in [1.165, 1.54) is 0 Å². The van der Waals surface area contributed by atoms with Gasteiger partial charge in [-0.15, -0.1) is 0 Å². The van der Waals surface area contributed by atoms with E-state index < -0.39 is 0 Å². The number of fused-ring (bicyclic) bond motifs is 1. The number of pyridine rings is 1. The molecule has 0 spiro atoms. The molecule has 0 aliphatic heterocycles. The minimum absolute atomic E-state index is 0.424. The fraction of sp³-hybridized carbons (Fsp3) is 0. The van der Waals surface area contributed by atoms with Crippen LogP contribution in [0.4, 0.5) is 0 Å². The van der Waals surface area contributed by atoms with Crippen molar-refractivity contribution in [3.63, 3.8) is 0 Å². The van der Waals surface area contributed by atoms with E-state index in [0.29, 0.717) is 16.1 Å². The van der Waals surface area contributed by atoms with Gasteiger partial charge in [-0.3, -0.25) is 9.78 Å². The molecule has 3 heteroatoms. The molecule has 0 aliphatic rings. The fourth-order valence-corrected chi connectivity index (χ4v) is 1.48. The summed E-state index contributed by atoms with van der Waals surface area (Å²) in [4.78, 5) is 14.7. The molecule has 64 valence electrons. The number of rotatable bonds is 1. The lowest BCUT2D eigenvalue weighted by molar-refractivity contribution is 0.112. The normalized spacial score (nSPS) is 10.2. The van der Waals surface area contributed by atoms with Crippen LogP contribution in [0.2, 0.25) is 5.02 Å². The molecule has 2 aromatic rings. The van der Waals surface area contributed by atoms with Crippen LogP contribution in [0.3, 0.4) is 0 Å². The van der Waals surface area contributed by atoms with Crippen LogP contribution in [0.1, 0.15) is 10.4 Å². The third-order valence-electron chi connectivity index (χ3n) is 1.87. The van der Waals surface area contributed by atoms with Crippen molar-refractivity contribution >= 4 is 28.8 Å². The van der Waals surface area contributed by atoms with Crippen molar-refractivity contribution in [1.29, 1.82) is 0 Å². The molecule has 0 unspecified atom stereocenters. The van der Waals surface area contributed by atoms with Gasteiger partial charge >= 0.3 is 0 Å². The molecule has 0 atom stereocenters. The molecule has 1 heterocycles. The van der Waals surface area contributed by atoms with Gasteiger partial charge in [0.25, 0.3) is 0 Å². The Hall–Kier alpha value is -1.41. The lowest BCUT2D eigenvalue weighted by Gasteiger charge is -2.00. The van der Waals surface area contributed by atoms with Gasteiger partial charge in [-0.25, -0.2) is 0 Å². The maximum absolute atomic E-state index is 10.6. The first kappa shape index (κ1) is 8.20. The van der Waals surface area contributed by atoms with Crippen molar-refractivity contribution in [2.24, 2.45) is 0 Å². The Kier molecular flexibility index (Phi) is 1.99. The Morgan fingerprint density at radius 3 is 2.92 bits per heavy atom. The van der Waals surface area contributed by atoms with Gasteiger partial charge in [0.1, 0.15) is 0 Å². The molecule has 2 rings (SSSR count). The Balaban J connectivity index is 2.86. The number of hydrogen-bond donors (Lipinski definition) is 0. The summed E-state index contributed by atoms with van der Waals surface area (Å²) in [6.07, 6.45) is 2.39. The Morgan fingerprint density at radius 2 is 2.15 bits per heavy atom. The molecule has 0 aliphatic carbocycles. The molecule has 0 fully saturated rings. The quantitative estimate of drug-likeness (QED) is 0.649. The van der Waals surface area contributed by atoms with Crippen molar-refractivity contribution in [1.82, 2.24) is 4.98 Å². The highest BCUT2D eigenvalue weighted by Gasteiger charge is 2.04. The summed E-state index contributed by atoms with van der Waals surface area (Å²) in [5.74, 6) is 0. The van der Waals surface area contributed by atoms with Crippen LogP contribution in [-0.4, -0.2) is 11.3 Å². The van der Waals surface area contributed by atoms with Crippen molar-refractivity contribution in [3.8, 4) is 0 Å². The monoisotopic (exact) mass is 191 g/mol. The molecular weight excluding hydrogens is 186 g/mol. The summed E-state index contributed by atoms with van der Waals surface area (Å²) in [5, 5.41) is 1.37. The molecule has 0 N–H and O–H groups in total. The predicted octanol–water partition coefficient (Wildman–Crippen LogP) is 2.70. The molecule has 1 aromatic carbocycles. The second-order valence-corrected chi connectivity index (χ2v) is 3.04. The third-order valence-corrected chi connectivity index (χ3v) is 2.27. The predicted molar refractivity (Wildman–Crippen MR) is 52.1 cm³/mol. The smallest absolute Gasteiger partial charge is 0.151 e. The summed E-state index contributed by atoms with van der Waals surface area (Å²) in [7, 11) is 0. The van der Waals surface area contributed by atoms with Crippen LogP contribution in [0.15, 0.2) is 30.5 Å². The van der Waals surface area contributed by atoms with Gasteiger partial charge in [0, 0.05) is 17.1 Å². The first-order valence-electron chi connectivity index (χ1n) is 3.81. The summed E-state index contributed by atoms with van der Waals surface area (Å²) >= 11 is 5.95. The second-order valence-electron chi connectivity index (χ2n) is 2.66. The van der Waals surface area contributed by atoms with Crippen molar-refractivity contribution in [3.05, 3.63) is 41.0 Å². The van der Waals surface area contributed by atoms with Crippen molar-refractivity contribution in [2.75, 3.05) is 0 Å². The molecule has 0 saturated carbocycles. The number of nitrogens with zero attached hydrogens (tertiary/aromatic N) is 1. The Labute approximate surface area is 80.2 Å². The molecule has 13 heavy (non-hydrogen) atoms. The van der Waals surface area contributed by atoms with E-state index in [1.54, 1.807) is 12.3 Å². The van der Waals surface area contributed by atoms with Crippen LogP contribution in [0, 0.1) is 0 Å². The summed E-state index contributed by atoms with van der Waals surface area (Å²) in [6.45, 7) is 0. The average molecular weight is 192 g/mol. The number of hydrogen-bond acceptors (Lipinski definition) is 2. The zero-order valence-corrected chi connectivity index (χ0v) is 7.45. The van der Waals surface area contributed by atoms with E-state index in [-0.39, 0.29) is 0 Å². The standard InChI is InChI=1S/C10H6ClNO/c11-9-8(6-13)4-3-7-2-1-5-12-10(7)9/h1-6H. The Morgan fingerprint density at radius 1 is 1.31 bits per heavy atom. The summed E-state index contributed by atoms with van der Waals surface area (Å²) in [5.41, 5.74) is 1.15. The highest BCUT2D eigenvalue weighted by Crippen LogP contribution is 2.23. The van der Waals surface area contributed by atoms with Gasteiger partial charge in [0.2, 0.25) is 0 Å². The van der Waals surface area contributed by atoms with E-state index >= 15 is 0 Å². The minimum atomic E-state index is 0.424. The first-order valence-corrected chi connectivity index (χ1v) is 4.19. The van der Waals surface area contributed by atoms with Gasteiger partial charge in [-0.1, -0.05) is 23.7 Å². The third kappa shape index (κ3) is 1.29. The van der Waals surface area contributed by atoms with Crippen LogP contribution < -0.4 is 0 Å². The van der Waals surface area contributed by atoms with Gasteiger partial charge in [-0.05, 0) is 12.1 Å². The lowest BCUT2D eigenvalue weighted by Crippen LogP contribution is -1.85. The van der Waals surface area contributed by atoms with Crippen LogP contribution in [0.25, 0.3) is 10.9 Å². The minimum Gasteiger partial charge on any atom is -0.298 e. The highest BCUT2D eigenvalue weighted by atomic mass is 35.5. The number of aromatic nitrogens is 1. The van der Waals surface area contributed by atoms with Crippen LogP contribution in [0.5, 0.6) is 0 Å². The lowest BCUT2D eigenvalue weighted by atomic mass is 10.1. The first-order chi connectivity index (χ1) is 6.33. The van der Waals surface area contributed by atoms with Gasteiger partial charge in [0.15, 0.2) is 6.29 Å². The summed E-state index contributed by atoms with van der Waals surface area (Å²) in [6, 6.07) is 7.26. The molecule has 0 amide bonds. The zero-order chi connectivity index (χ0) is 9.26. The number of halogens is 1. The number of carbonyl (C=O) groups is 1. The van der Waals surface area contributed by atoms with E-state index in [4.69, 9.17) is 11.6 Å². The van der Waals surface area contributed by atoms with E-state index in [1.807, 2.05) is 18.2 Å². The fourth-order valence-electron chi connectivity index (χ4n) is 1.22. The second kappa shape index (κ2) is 3.15. The maximum atomic E-state index is 10.6. The molecular formula is C10H6ClNO. The SMILES string of the molecule is O=Cc1ccc2cccnc2c1Cl. The van der Waals surface area contributed by atoms with Crippen molar-refractivity contribution in [2.45, 2.75) is 0 Å². The van der Waals surface area contributed by atoms with Crippen molar-refractivity contribution < 1.29 is 4.79 Å². The van der Waals surface area contributed by atoms with Gasteiger partial charge in [-0.2, -0.15) is 0 Å². The topological polar surface area (TPSA) is 30.0 Å². The van der Waals surface area contributed by atoms with E-state index in [9.17, 15) is 4.79 Å². The van der Waals surface area contributed by atoms with Crippen LogP contribution >= 0.6 is 11.6 Å². The largest absolute Gasteiger partial charge is 0.298 e. The number of aldehydes is 1. The number of benzene rings is 1. The number of carbonyl (C=O) groups excluding carboxylic acids is 1. The maximum Gasteiger partial charge on any atom is 0.151 e.